The molecule has 8 heteroatoms. The van der Waals surface area contributed by atoms with Crippen molar-refractivity contribution in [3.05, 3.63) is 52.6 Å². The molecule has 0 radical (unpaired) electrons. The lowest BCUT2D eigenvalue weighted by Crippen LogP contribution is -2.40. The highest BCUT2D eigenvalue weighted by Crippen LogP contribution is 2.42. The van der Waals surface area contributed by atoms with Gasteiger partial charge >= 0.3 is 11.9 Å². The molecule has 0 saturated heterocycles. The number of hydrogen-bond donors (Lipinski definition) is 1. The predicted octanol–water partition coefficient (Wildman–Crippen LogP) is 2.46. The van der Waals surface area contributed by atoms with E-state index < -0.39 is 36.1 Å². The molecule has 4 rings (SSSR count). The molecule has 2 aliphatic rings. The van der Waals surface area contributed by atoms with Gasteiger partial charge in [-0.25, -0.2) is 0 Å². The predicted molar refractivity (Wildman–Crippen MR) is 103 cm³/mol. The van der Waals surface area contributed by atoms with E-state index in [1.807, 2.05) is 0 Å². The molecule has 0 unspecified atom stereocenters. The van der Waals surface area contributed by atoms with Crippen LogP contribution in [0, 0.1) is 0 Å². The fraction of sp³-hybridized carbons (Fsp3) is 0.273. The Labute approximate surface area is 171 Å². The Kier molecular flexibility index (Phi) is 4.97. The molecule has 0 aromatic heterocycles. The van der Waals surface area contributed by atoms with E-state index in [1.54, 1.807) is 37.3 Å². The first kappa shape index (κ1) is 19.9. The molecule has 0 saturated carbocycles. The molecule has 2 aromatic carbocycles. The average Bonchev–Trinajstić information content (AvgIpc) is 2.70. The molecule has 0 spiro atoms. The van der Waals surface area contributed by atoms with E-state index in [4.69, 9.17) is 14.2 Å². The van der Waals surface area contributed by atoms with E-state index in [-0.39, 0.29) is 40.9 Å². The van der Waals surface area contributed by atoms with Gasteiger partial charge in [0.05, 0.1) is 11.1 Å². The van der Waals surface area contributed by atoms with Gasteiger partial charge in [0.1, 0.15) is 0 Å². The summed E-state index contributed by atoms with van der Waals surface area (Å²) in [5, 5.41) is 11.5. The zero-order valence-corrected chi connectivity index (χ0v) is 16.3. The van der Waals surface area contributed by atoms with Gasteiger partial charge in [-0.15, -0.1) is 0 Å². The smallest absolute Gasteiger partial charge is 0.308 e. The Balaban J connectivity index is 1.88. The van der Waals surface area contributed by atoms with Gasteiger partial charge in [-0.05, 0) is 11.5 Å². The molecule has 1 aliphatic heterocycles. The lowest BCUT2D eigenvalue weighted by atomic mass is 9.79. The Morgan fingerprint density at radius 2 is 1.93 bits per heavy atom. The van der Waals surface area contributed by atoms with Gasteiger partial charge in [-0.1, -0.05) is 31.2 Å². The lowest BCUT2D eigenvalue weighted by molar-refractivity contribution is -0.219. The summed E-state index contributed by atoms with van der Waals surface area (Å²) in [4.78, 5) is 49.8. The molecule has 0 bridgehead atoms. The van der Waals surface area contributed by atoms with Crippen molar-refractivity contribution in [3.63, 3.8) is 0 Å². The Morgan fingerprint density at radius 3 is 2.63 bits per heavy atom. The van der Waals surface area contributed by atoms with Crippen molar-refractivity contribution in [2.75, 3.05) is 0 Å². The van der Waals surface area contributed by atoms with Gasteiger partial charge in [0.25, 0.3) is 0 Å². The number of carbonyl (C=O) groups excluding carboxylic acids is 4. The third kappa shape index (κ3) is 3.20. The van der Waals surface area contributed by atoms with Crippen molar-refractivity contribution in [3.8, 4) is 5.75 Å². The van der Waals surface area contributed by atoms with Gasteiger partial charge < -0.3 is 19.3 Å². The number of carbonyl (C=O) groups is 4. The summed E-state index contributed by atoms with van der Waals surface area (Å²) in [5.74, 6) is -2.44. The highest BCUT2D eigenvalue weighted by Gasteiger charge is 2.44. The maximum absolute atomic E-state index is 13.3. The zero-order chi connectivity index (χ0) is 21.6. The summed E-state index contributed by atoms with van der Waals surface area (Å²) in [5.41, 5.74) is -0.258. The van der Waals surface area contributed by atoms with Crippen LogP contribution in [0.2, 0.25) is 0 Å². The third-order valence-corrected chi connectivity index (χ3v) is 5.01. The van der Waals surface area contributed by atoms with Crippen LogP contribution in [0.1, 0.15) is 47.4 Å². The molecular weight excluding hydrogens is 392 g/mol. The fourth-order valence-corrected chi connectivity index (χ4v) is 3.71. The number of esters is 2. The van der Waals surface area contributed by atoms with E-state index in [9.17, 15) is 24.3 Å². The van der Waals surface area contributed by atoms with Gasteiger partial charge in [0, 0.05) is 36.3 Å². The van der Waals surface area contributed by atoms with Crippen LogP contribution in [0.15, 0.2) is 41.5 Å². The molecule has 2 aromatic rings. The summed E-state index contributed by atoms with van der Waals surface area (Å²) in [6.07, 6.45) is -3.02. The molecule has 1 N–H and O–H groups in total. The minimum absolute atomic E-state index is 0.0178. The second kappa shape index (κ2) is 7.47. The van der Waals surface area contributed by atoms with Crippen LogP contribution in [0.5, 0.6) is 5.75 Å². The van der Waals surface area contributed by atoms with Crippen LogP contribution in [0.3, 0.4) is 0 Å². The summed E-state index contributed by atoms with van der Waals surface area (Å²) < 4.78 is 15.7. The standard InChI is InChI=1S/C22H18O8/c1-3-15(24)29-16-9-14-18(22(27)30-16)20(26)17-13(19(14)25)8-11-6-4-5-7-12(11)21(17)28-10(2)23/h4-8,16,22,27H,3,9H2,1-2H3/t16-,22+/m0/s1. The molecule has 2 atom stereocenters. The number of benzene rings is 2. The number of ketones is 2. The number of aliphatic hydroxyl groups excluding tert-OH is 1. The largest absolute Gasteiger partial charge is 0.435 e. The quantitative estimate of drug-likeness (QED) is 0.606. The van der Waals surface area contributed by atoms with E-state index >= 15 is 0 Å². The van der Waals surface area contributed by atoms with Gasteiger partial charge in [0.2, 0.25) is 6.29 Å². The van der Waals surface area contributed by atoms with Crippen LogP contribution < -0.4 is 4.74 Å². The first-order chi connectivity index (χ1) is 14.3. The molecule has 1 aliphatic carbocycles. The molecule has 8 nitrogen and oxygen atoms in total. The average molecular weight is 410 g/mol. The minimum Gasteiger partial charge on any atom is -0.435 e. The Hall–Kier alpha value is -3.36. The van der Waals surface area contributed by atoms with Crippen LogP contribution in [-0.4, -0.2) is 41.2 Å². The topological polar surface area (TPSA) is 116 Å². The van der Waals surface area contributed by atoms with Crippen molar-refractivity contribution in [2.24, 2.45) is 0 Å². The molecular formula is C22H18O8. The van der Waals surface area contributed by atoms with Crippen molar-refractivity contribution in [2.45, 2.75) is 39.3 Å². The number of fused-ring (bicyclic) bond motifs is 2. The summed E-state index contributed by atoms with van der Waals surface area (Å²) in [7, 11) is 0. The van der Waals surface area contributed by atoms with Crippen molar-refractivity contribution >= 4 is 34.3 Å². The summed E-state index contributed by atoms with van der Waals surface area (Å²) in [6.45, 7) is 2.79. The normalized spacial score (nSPS) is 20.6. The van der Waals surface area contributed by atoms with Crippen LogP contribution in [0.25, 0.3) is 10.8 Å². The summed E-state index contributed by atoms with van der Waals surface area (Å²) in [6, 6.07) is 8.42. The van der Waals surface area contributed by atoms with Crippen molar-refractivity contribution in [1.82, 2.24) is 0 Å². The second-order valence-corrected chi connectivity index (χ2v) is 6.96. The lowest BCUT2D eigenvalue weighted by Gasteiger charge is -2.33. The SMILES string of the molecule is CCC(=O)O[C@@H]1CC2=C(C(=O)c3c(cc4ccccc4c3OC(C)=O)C2=O)[C@H](O)O1. The molecule has 1 heterocycles. The van der Waals surface area contributed by atoms with Crippen LogP contribution in [-0.2, 0) is 19.1 Å². The number of aliphatic hydroxyl groups is 1. The first-order valence-electron chi connectivity index (χ1n) is 9.41. The highest BCUT2D eigenvalue weighted by atomic mass is 16.7. The van der Waals surface area contributed by atoms with Gasteiger partial charge in [-0.3, -0.25) is 19.2 Å². The van der Waals surface area contributed by atoms with Gasteiger partial charge in [0.15, 0.2) is 23.6 Å². The molecule has 30 heavy (non-hydrogen) atoms. The van der Waals surface area contributed by atoms with E-state index in [2.05, 4.69) is 0 Å². The van der Waals surface area contributed by atoms with Crippen molar-refractivity contribution in [1.29, 1.82) is 0 Å². The number of rotatable bonds is 3. The van der Waals surface area contributed by atoms with E-state index in [1.165, 1.54) is 6.92 Å². The number of ether oxygens (including phenoxy) is 3. The van der Waals surface area contributed by atoms with E-state index in [0.29, 0.717) is 10.8 Å². The maximum atomic E-state index is 13.3. The highest BCUT2D eigenvalue weighted by molar-refractivity contribution is 6.30. The van der Waals surface area contributed by atoms with E-state index in [0.717, 1.165) is 0 Å². The fourth-order valence-electron chi connectivity index (χ4n) is 3.71. The summed E-state index contributed by atoms with van der Waals surface area (Å²) >= 11 is 0. The number of Topliss-reactive ketones (excluding diaryl/α,β-unsaturated/α-hetero) is 2. The second-order valence-electron chi connectivity index (χ2n) is 6.96. The Morgan fingerprint density at radius 1 is 1.20 bits per heavy atom. The Bertz CT molecular complexity index is 1140. The van der Waals surface area contributed by atoms with Gasteiger partial charge in [-0.2, -0.15) is 0 Å². The molecule has 154 valence electrons. The zero-order valence-electron chi connectivity index (χ0n) is 16.3. The van der Waals surface area contributed by atoms with Crippen LogP contribution in [0.4, 0.5) is 0 Å². The molecule has 0 fully saturated rings. The van der Waals surface area contributed by atoms with Crippen molar-refractivity contribution < 1.29 is 38.5 Å². The maximum Gasteiger partial charge on any atom is 0.308 e. The minimum atomic E-state index is -1.76. The van der Waals surface area contributed by atoms with Crippen LogP contribution >= 0.6 is 0 Å². The molecule has 0 amide bonds. The number of hydrogen-bond acceptors (Lipinski definition) is 8. The monoisotopic (exact) mass is 410 g/mol. The third-order valence-electron chi connectivity index (χ3n) is 5.01. The first-order valence-corrected chi connectivity index (χ1v) is 9.41.